The van der Waals surface area contributed by atoms with Crippen LogP contribution in [0.3, 0.4) is 0 Å². The maximum atomic E-state index is 3.77. The molecule has 1 fully saturated rings. The Kier molecular flexibility index (Phi) is 4.60. The van der Waals surface area contributed by atoms with Gasteiger partial charge in [0.05, 0.1) is 0 Å². The van der Waals surface area contributed by atoms with Gasteiger partial charge in [-0.05, 0) is 43.8 Å². The average molecular weight is 252 g/mol. The lowest BCUT2D eigenvalue weighted by atomic mass is 9.92. The van der Waals surface area contributed by atoms with E-state index in [4.69, 9.17) is 0 Å². The molecular formula is C14H24N2S. The standard InChI is InChI=1S/C14H24N2S/c1-3-14(4-2)12-16(9-6-8-15-14)11-13-7-5-10-17-13/h5,7,10,15H,3-4,6,8-9,11-12H2,1-2H3. The van der Waals surface area contributed by atoms with Crippen molar-refractivity contribution in [1.29, 1.82) is 0 Å². The molecule has 96 valence electrons. The summed E-state index contributed by atoms with van der Waals surface area (Å²) in [7, 11) is 0. The normalized spacial score (nSPS) is 21.3. The van der Waals surface area contributed by atoms with E-state index in [1.54, 1.807) is 0 Å². The molecule has 3 heteroatoms. The summed E-state index contributed by atoms with van der Waals surface area (Å²) in [6.45, 7) is 9.34. The maximum absolute atomic E-state index is 3.77. The highest BCUT2D eigenvalue weighted by Gasteiger charge is 2.30. The summed E-state index contributed by atoms with van der Waals surface area (Å²) in [5.74, 6) is 0. The molecule has 1 saturated heterocycles. The van der Waals surface area contributed by atoms with Gasteiger partial charge in [-0.2, -0.15) is 0 Å². The predicted octanol–water partition coefficient (Wildman–Crippen LogP) is 3.10. The summed E-state index contributed by atoms with van der Waals surface area (Å²) < 4.78 is 0. The molecule has 2 rings (SSSR count). The maximum Gasteiger partial charge on any atom is 0.0328 e. The van der Waals surface area contributed by atoms with Gasteiger partial charge in [0.1, 0.15) is 0 Å². The second kappa shape index (κ2) is 5.98. The van der Waals surface area contributed by atoms with Crippen LogP contribution in [0.1, 0.15) is 38.0 Å². The topological polar surface area (TPSA) is 15.3 Å². The lowest BCUT2D eigenvalue weighted by molar-refractivity contribution is 0.192. The van der Waals surface area contributed by atoms with Crippen molar-refractivity contribution in [2.75, 3.05) is 19.6 Å². The van der Waals surface area contributed by atoms with Gasteiger partial charge in [-0.1, -0.05) is 19.9 Å². The van der Waals surface area contributed by atoms with E-state index in [0.29, 0.717) is 5.54 Å². The van der Waals surface area contributed by atoms with E-state index in [1.807, 2.05) is 11.3 Å². The highest BCUT2D eigenvalue weighted by atomic mass is 32.1. The van der Waals surface area contributed by atoms with E-state index in [0.717, 1.165) is 6.54 Å². The van der Waals surface area contributed by atoms with E-state index in [1.165, 1.54) is 43.8 Å². The summed E-state index contributed by atoms with van der Waals surface area (Å²) in [6.07, 6.45) is 3.72. The molecule has 2 nitrogen and oxygen atoms in total. The van der Waals surface area contributed by atoms with Crippen molar-refractivity contribution in [3.05, 3.63) is 22.4 Å². The molecule has 1 aliphatic rings. The van der Waals surface area contributed by atoms with Crippen LogP contribution < -0.4 is 5.32 Å². The Morgan fingerprint density at radius 1 is 1.41 bits per heavy atom. The number of hydrogen-bond acceptors (Lipinski definition) is 3. The van der Waals surface area contributed by atoms with Crippen LogP contribution in [0.5, 0.6) is 0 Å². The van der Waals surface area contributed by atoms with Gasteiger partial charge in [0.15, 0.2) is 0 Å². The highest BCUT2D eigenvalue weighted by Crippen LogP contribution is 2.22. The minimum atomic E-state index is 0.341. The van der Waals surface area contributed by atoms with E-state index >= 15 is 0 Å². The van der Waals surface area contributed by atoms with Crippen LogP contribution in [0.2, 0.25) is 0 Å². The molecule has 0 bridgehead atoms. The molecule has 0 radical (unpaired) electrons. The Hall–Kier alpha value is -0.380. The fourth-order valence-electron chi connectivity index (χ4n) is 2.70. The zero-order chi connectivity index (χ0) is 12.1. The fourth-order valence-corrected chi connectivity index (χ4v) is 3.45. The van der Waals surface area contributed by atoms with E-state index < -0.39 is 0 Å². The number of hydrogen-bond donors (Lipinski definition) is 1. The lowest BCUT2D eigenvalue weighted by Crippen LogP contribution is -2.50. The Balaban J connectivity index is 2.01. The Morgan fingerprint density at radius 2 is 2.24 bits per heavy atom. The van der Waals surface area contributed by atoms with Gasteiger partial charge in [0.25, 0.3) is 0 Å². The van der Waals surface area contributed by atoms with E-state index in [9.17, 15) is 0 Å². The van der Waals surface area contributed by atoms with Crippen molar-refractivity contribution >= 4 is 11.3 Å². The number of rotatable bonds is 4. The molecule has 1 aromatic heterocycles. The molecule has 0 amide bonds. The zero-order valence-corrected chi connectivity index (χ0v) is 11.9. The smallest absolute Gasteiger partial charge is 0.0328 e. The van der Waals surface area contributed by atoms with Gasteiger partial charge in [-0.15, -0.1) is 11.3 Å². The third-order valence-electron chi connectivity index (χ3n) is 3.99. The highest BCUT2D eigenvalue weighted by molar-refractivity contribution is 7.09. The van der Waals surface area contributed by atoms with Crippen molar-refractivity contribution in [3.8, 4) is 0 Å². The molecule has 1 aromatic rings. The largest absolute Gasteiger partial charge is 0.310 e. The van der Waals surface area contributed by atoms with Crippen LogP contribution in [0.4, 0.5) is 0 Å². The van der Waals surface area contributed by atoms with E-state index in [-0.39, 0.29) is 0 Å². The molecule has 0 saturated carbocycles. The minimum Gasteiger partial charge on any atom is -0.310 e. The predicted molar refractivity (Wildman–Crippen MR) is 75.5 cm³/mol. The monoisotopic (exact) mass is 252 g/mol. The number of nitrogens with one attached hydrogen (secondary N) is 1. The fraction of sp³-hybridized carbons (Fsp3) is 0.714. The average Bonchev–Trinajstić information content (AvgIpc) is 2.76. The van der Waals surface area contributed by atoms with Crippen molar-refractivity contribution in [2.45, 2.75) is 45.2 Å². The molecular weight excluding hydrogens is 228 g/mol. The number of nitrogens with zero attached hydrogens (tertiary/aromatic N) is 1. The second-order valence-corrected chi connectivity index (χ2v) is 6.09. The van der Waals surface area contributed by atoms with Crippen molar-refractivity contribution in [1.82, 2.24) is 10.2 Å². The summed E-state index contributed by atoms with van der Waals surface area (Å²) >= 11 is 1.88. The van der Waals surface area contributed by atoms with Crippen LogP contribution >= 0.6 is 11.3 Å². The first-order valence-electron chi connectivity index (χ1n) is 6.78. The van der Waals surface area contributed by atoms with Crippen molar-refractivity contribution in [2.24, 2.45) is 0 Å². The summed E-state index contributed by atoms with van der Waals surface area (Å²) in [5, 5.41) is 5.94. The van der Waals surface area contributed by atoms with Gasteiger partial charge in [-0.25, -0.2) is 0 Å². The van der Waals surface area contributed by atoms with Crippen LogP contribution in [0.15, 0.2) is 17.5 Å². The van der Waals surface area contributed by atoms with Gasteiger partial charge in [-0.3, -0.25) is 4.90 Å². The summed E-state index contributed by atoms with van der Waals surface area (Å²) in [6, 6.07) is 4.41. The van der Waals surface area contributed by atoms with Crippen LogP contribution in [0, 0.1) is 0 Å². The SMILES string of the molecule is CCC1(CC)CN(Cc2cccs2)CCCN1. The van der Waals surface area contributed by atoms with E-state index in [2.05, 4.69) is 41.6 Å². The second-order valence-electron chi connectivity index (χ2n) is 5.06. The van der Waals surface area contributed by atoms with Crippen molar-refractivity contribution < 1.29 is 0 Å². The Labute approximate surface area is 109 Å². The van der Waals surface area contributed by atoms with Gasteiger partial charge < -0.3 is 5.32 Å². The molecule has 0 atom stereocenters. The quantitative estimate of drug-likeness (QED) is 0.886. The van der Waals surface area contributed by atoms with Crippen LogP contribution in [-0.4, -0.2) is 30.1 Å². The van der Waals surface area contributed by atoms with Gasteiger partial charge in [0.2, 0.25) is 0 Å². The summed E-state index contributed by atoms with van der Waals surface area (Å²) in [4.78, 5) is 4.12. The molecule has 17 heavy (non-hydrogen) atoms. The Morgan fingerprint density at radius 3 is 2.88 bits per heavy atom. The molecule has 0 aromatic carbocycles. The molecule has 0 spiro atoms. The molecule has 0 unspecified atom stereocenters. The third kappa shape index (κ3) is 3.30. The van der Waals surface area contributed by atoms with Crippen molar-refractivity contribution in [3.63, 3.8) is 0 Å². The third-order valence-corrected chi connectivity index (χ3v) is 4.85. The first-order chi connectivity index (χ1) is 8.28. The minimum absolute atomic E-state index is 0.341. The molecule has 0 aliphatic carbocycles. The molecule has 1 N–H and O–H groups in total. The first kappa shape index (κ1) is 13.1. The molecule has 2 heterocycles. The zero-order valence-electron chi connectivity index (χ0n) is 11.0. The summed E-state index contributed by atoms with van der Waals surface area (Å²) in [5.41, 5.74) is 0.341. The van der Waals surface area contributed by atoms with Crippen LogP contribution in [-0.2, 0) is 6.54 Å². The molecule has 1 aliphatic heterocycles. The van der Waals surface area contributed by atoms with Crippen LogP contribution in [0.25, 0.3) is 0 Å². The number of thiophene rings is 1. The van der Waals surface area contributed by atoms with Gasteiger partial charge >= 0.3 is 0 Å². The Bertz CT molecular complexity index is 317. The lowest BCUT2D eigenvalue weighted by Gasteiger charge is -2.35. The van der Waals surface area contributed by atoms with Gasteiger partial charge in [0, 0.05) is 23.5 Å². The first-order valence-corrected chi connectivity index (χ1v) is 7.66.